The van der Waals surface area contributed by atoms with Crippen LogP contribution in [-0.2, 0) is 9.84 Å². The minimum Gasteiger partial charge on any atom is -0.224 e. The zero-order valence-corrected chi connectivity index (χ0v) is 10.8. The molecule has 2 nitrogen and oxygen atoms in total. The van der Waals surface area contributed by atoms with Gasteiger partial charge in [-0.2, -0.15) is 0 Å². The highest BCUT2D eigenvalue weighted by Gasteiger charge is 2.26. The summed E-state index contributed by atoms with van der Waals surface area (Å²) in [5.74, 6) is 0.847. The lowest BCUT2D eigenvalue weighted by atomic mass is 10.2. The fraction of sp³-hybridized carbons (Fsp3) is 0.500. The van der Waals surface area contributed by atoms with Crippen LogP contribution >= 0.6 is 11.6 Å². The number of hydrogen-bond acceptors (Lipinski definition) is 2. The van der Waals surface area contributed by atoms with Gasteiger partial charge in [0.15, 0.2) is 9.84 Å². The highest BCUT2D eigenvalue weighted by Crippen LogP contribution is 2.34. The Balaban J connectivity index is 2.23. The molecule has 0 radical (unpaired) electrons. The molecule has 1 aliphatic carbocycles. The molecule has 1 aromatic carbocycles. The molecule has 88 valence electrons. The van der Waals surface area contributed by atoms with E-state index >= 15 is 0 Å². The molecule has 1 aromatic rings. The van der Waals surface area contributed by atoms with Crippen LogP contribution in [0.5, 0.6) is 0 Å². The molecule has 0 spiro atoms. The molecule has 0 saturated heterocycles. The summed E-state index contributed by atoms with van der Waals surface area (Å²) in [5, 5.41) is 0.373. The maximum Gasteiger partial charge on any atom is 0.179 e. The number of rotatable bonds is 4. The van der Waals surface area contributed by atoms with Gasteiger partial charge in [-0.25, -0.2) is 8.42 Å². The Bertz CT molecular complexity index is 490. The maximum atomic E-state index is 12.1. The first-order chi connectivity index (χ1) is 7.50. The van der Waals surface area contributed by atoms with Crippen molar-refractivity contribution >= 4 is 21.4 Å². The van der Waals surface area contributed by atoms with Gasteiger partial charge in [0.05, 0.1) is 15.7 Å². The summed E-state index contributed by atoms with van der Waals surface area (Å²) in [6.45, 7) is 1.82. The Morgan fingerprint density at radius 2 is 2.06 bits per heavy atom. The summed E-state index contributed by atoms with van der Waals surface area (Å²) in [7, 11) is -3.20. The largest absolute Gasteiger partial charge is 0.224 e. The molecule has 0 amide bonds. The first kappa shape index (κ1) is 11.9. The molecular formula is C12H15ClO2S. The number of halogens is 1. The predicted molar refractivity (Wildman–Crippen MR) is 65.6 cm³/mol. The van der Waals surface area contributed by atoms with Crippen molar-refractivity contribution in [1.29, 1.82) is 0 Å². The molecule has 2 rings (SSSR count). The molecule has 0 N–H and O–H groups in total. The summed E-state index contributed by atoms with van der Waals surface area (Å²) in [4.78, 5) is 0.287. The van der Waals surface area contributed by atoms with Crippen LogP contribution in [0.15, 0.2) is 23.1 Å². The molecule has 1 fully saturated rings. The topological polar surface area (TPSA) is 34.1 Å². The minimum atomic E-state index is -3.20. The summed E-state index contributed by atoms with van der Waals surface area (Å²) in [6.07, 6.45) is 3.13. The minimum absolute atomic E-state index is 0.223. The van der Waals surface area contributed by atoms with Crippen molar-refractivity contribution in [1.82, 2.24) is 0 Å². The zero-order chi connectivity index (χ0) is 11.8. The fourth-order valence-corrected chi connectivity index (χ4v) is 3.76. The summed E-state index contributed by atoms with van der Waals surface area (Å²) in [6, 6.07) is 5.16. The van der Waals surface area contributed by atoms with E-state index < -0.39 is 9.84 Å². The number of aryl methyl sites for hydroxylation is 1. The van der Waals surface area contributed by atoms with Crippen molar-refractivity contribution in [3.8, 4) is 0 Å². The van der Waals surface area contributed by atoms with Gasteiger partial charge in [0.1, 0.15) is 0 Å². The first-order valence-corrected chi connectivity index (χ1v) is 7.51. The third kappa shape index (κ3) is 2.58. The van der Waals surface area contributed by atoms with Crippen molar-refractivity contribution in [2.45, 2.75) is 31.1 Å². The van der Waals surface area contributed by atoms with E-state index in [0.717, 1.165) is 12.0 Å². The first-order valence-electron chi connectivity index (χ1n) is 5.48. The van der Waals surface area contributed by atoms with Gasteiger partial charge >= 0.3 is 0 Å². The van der Waals surface area contributed by atoms with E-state index in [4.69, 9.17) is 11.6 Å². The lowest BCUT2D eigenvalue weighted by Crippen LogP contribution is -2.08. The molecule has 1 saturated carbocycles. The summed E-state index contributed by atoms with van der Waals surface area (Å²) < 4.78 is 24.1. The van der Waals surface area contributed by atoms with Gasteiger partial charge < -0.3 is 0 Å². The van der Waals surface area contributed by atoms with E-state index in [9.17, 15) is 8.42 Å². The third-order valence-electron chi connectivity index (χ3n) is 2.98. The molecule has 0 atom stereocenters. The highest BCUT2D eigenvalue weighted by molar-refractivity contribution is 7.91. The summed E-state index contributed by atoms with van der Waals surface area (Å²) in [5.41, 5.74) is 0.814. The molecule has 0 aliphatic heterocycles. The SMILES string of the molecule is Cc1cccc(S(=O)(=O)CCC2CC2)c1Cl. The standard InChI is InChI=1S/C12H15ClO2S/c1-9-3-2-4-11(12(9)13)16(14,15)8-7-10-5-6-10/h2-4,10H,5-8H2,1H3. The predicted octanol–water partition coefficient (Wildman–Crippen LogP) is 3.22. The van der Waals surface area contributed by atoms with Crippen LogP contribution in [0.2, 0.25) is 5.02 Å². The Morgan fingerprint density at radius 1 is 1.38 bits per heavy atom. The van der Waals surface area contributed by atoms with Crippen LogP contribution < -0.4 is 0 Å². The fourth-order valence-electron chi connectivity index (χ4n) is 1.70. The van der Waals surface area contributed by atoms with E-state index in [0.29, 0.717) is 10.9 Å². The van der Waals surface area contributed by atoms with Crippen LogP contribution in [0.1, 0.15) is 24.8 Å². The van der Waals surface area contributed by atoms with Crippen LogP contribution in [0.25, 0.3) is 0 Å². The lowest BCUT2D eigenvalue weighted by Gasteiger charge is -2.07. The molecule has 4 heteroatoms. The normalized spacial score (nSPS) is 16.4. The van der Waals surface area contributed by atoms with Crippen LogP contribution in [0.3, 0.4) is 0 Å². The Morgan fingerprint density at radius 3 is 2.69 bits per heavy atom. The lowest BCUT2D eigenvalue weighted by molar-refractivity contribution is 0.590. The van der Waals surface area contributed by atoms with E-state index in [1.807, 2.05) is 13.0 Å². The molecule has 0 aromatic heterocycles. The molecular weight excluding hydrogens is 244 g/mol. The highest BCUT2D eigenvalue weighted by atomic mass is 35.5. The van der Waals surface area contributed by atoms with E-state index in [2.05, 4.69) is 0 Å². The molecule has 0 bridgehead atoms. The number of sulfone groups is 1. The van der Waals surface area contributed by atoms with E-state index in [1.54, 1.807) is 12.1 Å². The quantitative estimate of drug-likeness (QED) is 0.831. The van der Waals surface area contributed by atoms with E-state index in [1.165, 1.54) is 12.8 Å². The van der Waals surface area contributed by atoms with Gasteiger partial charge in [0, 0.05) is 0 Å². The van der Waals surface area contributed by atoms with Crippen molar-refractivity contribution in [2.75, 3.05) is 5.75 Å². The molecule has 1 aliphatic rings. The molecule has 16 heavy (non-hydrogen) atoms. The maximum absolute atomic E-state index is 12.1. The van der Waals surface area contributed by atoms with Crippen molar-refractivity contribution in [3.63, 3.8) is 0 Å². The van der Waals surface area contributed by atoms with Gasteiger partial charge in [-0.3, -0.25) is 0 Å². The van der Waals surface area contributed by atoms with Gasteiger partial charge in [0.2, 0.25) is 0 Å². The van der Waals surface area contributed by atoms with Crippen molar-refractivity contribution in [2.24, 2.45) is 5.92 Å². The molecule has 0 heterocycles. The second-order valence-electron chi connectivity index (χ2n) is 4.44. The average Bonchev–Trinajstić information content (AvgIpc) is 3.03. The zero-order valence-electron chi connectivity index (χ0n) is 9.24. The molecule has 0 unspecified atom stereocenters. The number of hydrogen-bond donors (Lipinski definition) is 0. The Labute approximate surface area is 102 Å². The number of benzene rings is 1. The van der Waals surface area contributed by atoms with Crippen LogP contribution in [0, 0.1) is 12.8 Å². The average molecular weight is 259 g/mol. The van der Waals surface area contributed by atoms with E-state index in [-0.39, 0.29) is 10.6 Å². The Hall–Kier alpha value is -0.540. The third-order valence-corrected chi connectivity index (χ3v) is 5.38. The summed E-state index contributed by atoms with van der Waals surface area (Å²) >= 11 is 6.03. The van der Waals surface area contributed by atoms with Gasteiger partial charge in [-0.05, 0) is 30.9 Å². The van der Waals surface area contributed by atoms with Crippen LogP contribution in [-0.4, -0.2) is 14.2 Å². The second-order valence-corrected chi connectivity index (χ2v) is 6.89. The van der Waals surface area contributed by atoms with Crippen LogP contribution in [0.4, 0.5) is 0 Å². The van der Waals surface area contributed by atoms with Crippen molar-refractivity contribution < 1.29 is 8.42 Å². The van der Waals surface area contributed by atoms with Gasteiger partial charge in [-0.1, -0.05) is 36.6 Å². The van der Waals surface area contributed by atoms with Crippen molar-refractivity contribution in [3.05, 3.63) is 28.8 Å². The van der Waals surface area contributed by atoms with Gasteiger partial charge in [-0.15, -0.1) is 0 Å². The smallest absolute Gasteiger partial charge is 0.179 e. The van der Waals surface area contributed by atoms with Gasteiger partial charge in [0.25, 0.3) is 0 Å². The second kappa shape index (κ2) is 4.38. The Kier molecular flexibility index (Phi) is 3.27. The monoisotopic (exact) mass is 258 g/mol.